The van der Waals surface area contributed by atoms with E-state index in [0.29, 0.717) is 5.92 Å². The smallest absolute Gasteiger partial charge is 0.0921 e. The summed E-state index contributed by atoms with van der Waals surface area (Å²) in [7, 11) is 0. The van der Waals surface area contributed by atoms with Crippen molar-refractivity contribution in [3.05, 3.63) is 53.6 Å². The summed E-state index contributed by atoms with van der Waals surface area (Å²) in [6, 6.07) is 8.60. The van der Waals surface area contributed by atoms with Gasteiger partial charge in [-0.25, -0.2) is 4.98 Å². The van der Waals surface area contributed by atoms with Gasteiger partial charge in [0.25, 0.3) is 0 Å². The first-order valence-electron chi connectivity index (χ1n) is 5.86. The van der Waals surface area contributed by atoms with Crippen LogP contribution in [0.5, 0.6) is 0 Å². The maximum absolute atomic E-state index is 4.12. The Kier molecular flexibility index (Phi) is 3.40. The van der Waals surface area contributed by atoms with Crippen LogP contribution in [-0.2, 0) is 0 Å². The van der Waals surface area contributed by atoms with Crippen LogP contribution >= 0.6 is 0 Å². The third kappa shape index (κ3) is 2.16. The van der Waals surface area contributed by atoms with E-state index in [1.165, 1.54) is 23.2 Å². The highest BCUT2D eigenvalue weighted by Gasteiger charge is 2.15. The van der Waals surface area contributed by atoms with Crippen molar-refractivity contribution >= 4 is 0 Å². The molecule has 0 saturated carbocycles. The fourth-order valence-corrected chi connectivity index (χ4v) is 2.20. The minimum atomic E-state index is 0.452. The largest absolute Gasteiger partial charge is 0.348 e. The topological polar surface area (TPSA) is 28.7 Å². The molecule has 2 heteroatoms. The lowest BCUT2D eigenvalue weighted by Crippen LogP contribution is -2.03. The molecule has 0 aliphatic carbocycles. The van der Waals surface area contributed by atoms with E-state index < -0.39 is 0 Å². The van der Waals surface area contributed by atoms with E-state index >= 15 is 0 Å². The van der Waals surface area contributed by atoms with Gasteiger partial charge in [0.15, 0.2) is 0 Å². The number of benzene rings is 1. The molecule has 1 heterocycles. The molecule has 1 N–H and O–H groups in total. The van der Waals surface area contributed by atoms with Gasteiger partial charge < -0.3 is 4.98 Å². The predicted octanol–water partition coefficient (Wildman–Crippen LogP) is 3.65. The molecule has 0 fully saturated rings. The van der Waals surface area contributed by atoms with E-state index in [-0.39, 0.29) is 0 Å². The third-order valence-corrected chi connectivity index (χ3v) is 3.04. The van der Waals surface area contributed by atoms with Crippen LogP contribution in [0.3, 0.4) is 0 Å². The highest BCUT2D eigenvalue weighted by Crippen LogP contribution is 2.29. The van der Waals surface area contributed by atoms with E-state index in [1.807, 2.05) is 6.20 Å². The number of H-pyrrole nitrogens is 1. The third-order valence-electron chi connectivity index (χ3n) is 3.04. The molecule has 0 amide bonds. The van der Waals surface area contributed by atoms with Gasteiger partial charge in [-0.05, 0) is 24.5 Å². The van der Waals surface area contributed by atoms with Crippen molar-refractivity contribution in [3.8, 4) is 0 Å². The van der Waals surface area contributed by atoms with Crippen LogP contribution in [0, 0.1) is 6.92 Å². The highest BCUT2D eigenvalue weighted by molar-refractivity contribution is 5.34. The number of nitrogens with one attached hydrogen (secondary N) is 1. The summed E-state index contributed by atoms with van der Waals surface area (Å²) in [5.41, 5.74) is 3.99. The number of aromatic nitrogens is 2. The van der Waals surface area contributed by atoms with Crippen molar-refractivity contribution in [2.75, 3.05) is 0 Å². The van der Waals surface area contributed by atoms with Crippen LogP contribution in [0.1, 0.15) is 42.5 Å². The van der Waals surface area contributed by atoms with Gasteiger partial charge in [0, 0.05) is 17.8 Å². The fourth-order valence-electron chi connectivity index (χ4n) is 2.20. The Morgan fingerprint density at radius 2 is 2.12 bits per heavy atom. The number of imidazole rings is 1. The summed E-state index contributed by atoms with van der Waals surface area (Å²) in [6.45, 7) is 4.40. The van der Waals surface area contributed by atoms with Gasteiger partial charge in [0.1, 0.15) is 0 Å². The van der Waals surface area contributed by atoms with Gasteiger partial charge in [0.05, 0.1) is 6.33 Å². The van der Waals surface area contributed by atoms with Crippen LogP contribution in [0.25, 0.3) is 0 Å². The zero-order chi connectivity index (χ0) is 11.4. The normalized spacial score (nSPS) is 12.6. The molecule has 1 aromatic heterocycles. The lowest BCUT2D eigenvalue weighted by atomic mass is 9.89. The predicted molar refractivity (Wildman–Crippen MR) is 66.5 cm³/mol. The first-order chi connectivity index (χ1) is 7.83. The zero-order valence-electron chi connectivity index (χ0n) is 9.90. The summed E-state index contributed by atoms with van der Waals surface area (Å²) in [5.74, 6) is 0.452. The van der Waals surface area contributed by atoms with Gasteiger partial charge in [-0.3, -0.25) is 0 Å². The van der Waals surface area contributed by atoms with Gasteiger partial charge in [-0.15, -0.1) is 0 Å². The van der Waals surface area contributed by atoms with Crippen molar-refractivity contribution in [1.82, 2.24) is 9.97 Å². The maximum atomic E-state index is 4.12. The monoisotopic (exact) mass is 214 g/mol. The quantitative estimate of drug-likeness (QED) is 0.826. The van der Waals surface area contributed by atoms with Crippen molar-refractivity contribution in [3.63, 3.8) is 0 Å². The molecule has 2 rings (SSSR count). The number of aryl methyl sites for hydroxylation is 1. The summed E-state index contributed by atoms with van der Waals surface area (Å²) in [6.07, 6.45) is 6.04. The lowest BCUT2D eigenvalue weighted by Gasteiger charge is -2.17. The molecule has 1 atom stereocenters. The Morgan fingerprint density at radius 3 is 2.75 bits per heavy atom. The average Bonchev–Trinajstić information content (AvgIpc) is 2.80. The van der Waals surface area contributed by atoms with Crippen molar-refractivity contribution in [1.29, 1.82) is 0 Å². The van der Waals surface area contributed by atoms with Crippen LogP contribution in [0.15, 0.2) is 36.8 Å². The molecule has 0 bridgehead atoms. The molecule has 0 saturated heterocycles. The summed E-state index contributed by atoms with van der Waals surface area (Å²) < 4.78 is 0. The second kappa shape index (κ2) is 4.97. The molecular weight excluding hydrogens is 196 g/mol. The number of hydrogen-bond donors (Lipinski definition) is 1. The van der Waals surface area contributed by atoms with E-state index in [2.05, 4.69) is 48.1 Å². The minimum absolute atomic E-state index is 0.452. The fraction of sp³-hybridized carbons (Fsp3) is 0.357. The lowest BCUT2D eigenvalue weighted by molar-refractivity contribution is 0.680. The van der Waals surface area contributed by atoms with Crippen LogP contribution in [0.2, 0.25) is 0 Å². The number of rotatable bonds is 4. The second-order valence-electron chi connectivity index (χ2n) is 4.20. The summed E-state index contributed by atoms with van der Waals surface area (Å²) in [5, 5.41) is 0. The first-order valence-corrected chi connectivity index (χ1v) is 5.86. The Labute approximate surface area is 96.7 Å². The maximum Gasteiger partial charge on any atom is 0.0921 e. The summed E-state index contributed by atoms with van der Waals surface area (Å²) >= 11 is 0. The molecule has 0 aliphatic heterocycles. The minimum Gasteiger partial charge on any atom is -0.348 e. The van der Waals surface area contributed by atoms with Gasteiger partial charge in [-0.2, -0.15) is 0 Å². The number of nitrogens with zero attached hydrogens (tertiary/aromatic N) is 1. The van der Waals surface area contributed by atoms with Gasteiger partial charge >= 0.3 is 0 Å². The Bertz CT molecular complexity index is 432. The molecule has 1 aromatic carbocycles. The average molecular weight is 214 g/mol. The Hall–Kier alpha value is -1.57. The van der Waals surface area contributed by atoms with E-state index in [9.17, 15) is 0 Å². The number of aromatic amines is 1. The van der Waals surface area contributed by atoms with E-state index in [0.717, 1.165) is 6.42 Å². The highest BCUT2D eigenvalue weighted by atomic mass is 14.9. The molecule has 2 aromatic rings. The molecule has 2 nitrogen and oxygen atoms in total. The van der Waals surface area contributed by atoms with Crippen molar-refractivity contribution in [2.24, 2.45) is 0 Å². The molecular formula is C14H18N2. The molecule has 0 aliphatic rings. The molecule has 84 valence electrons. The number of hydrogen-bond acceptors (Lipinski definition) is 1. The zero-order valence-corrected chi connectivity index (χ0v) is 9.90. The Balaban J connectivity index is 2.37. The SMILES string of the molecule is CCCC(c1cnc[nH]1)c1ccccc1C. The first kappa shape index (κ1) is 10.9. The van der Waals surface area contributed by atoms with Crippen LogP contribution in [-0.4, -0.2) is 9.97 Å². The van der Waals surface area contributed by atoms with E-state index in [1.54, 1.807) is 6.33 Å². The van der Waals surface area contributed by atoms with Crippen molar-refractivity contribution in [2.45, 2.75) is 32.6 Å². The molecule has 16 heavy (non-hydrogen) atoms. The summed E-state index contributed by atoms with van der Waals surface area (Å²) in [4.78, 5) is 7.36. The van der Waals surface area contributed by atoms with Gasteiger partial charge in [-0.1, -0.05) is 37.6 Å². The van der Waals surface area contributed by atoms with E-state index in [4.69, 9.17) is 0 Å². The van der Waals surface area contributed by atoms with Crippen molar-refractivity contribution < 1.29 is 0 Å². The van der Waals surface area contributed by atoms with Crippen LogP contribution in [0.4, 0.5) is 0 Å². The molecule has 1 unspecified atom stereocenters. The molecule has 0 spiro atoms. The molecule has 0 radical (unpaired) electrons. The Morgan fingerprint density at radius 1 is 1.31 bits per heavy atom. The van der Waals surface area contributed by atoms with Crippen LogP contribution < -0.4 is 0 Å². The van der Waals surface area contributed by atoms with Gasteiger partial charge in [0.2, 0.25) is 0 Å². The second-order valence-corrected chi connectivity index (χ2v) is 4.20. The standard InChI is InChI=1S/C14H18N2/c1-3-6-13(14-9-15-10-16-14)12-8-5-4-7-11(12)2/h4-5,7-10,13H,3,6H2,1-2H3,(H,15,16).